The van der Waals surface area contributed by atoms with Crippen LogP contribution in [-0.4, -0.2) is 25.9 Å². The molecule has 0 bridgehead atoms. The molecule has 6 heteroatoms. The van der Waals surface area contributed by atoms with E-state index >= 15 is 0 Å². The second-order valence-corrected chi connectivity index (χ2v) is 5.72. The molecule has 4 nitrogen and oxygen atoms in total. The van der Waals surface area contributed by atoms with Crippen molar-refractivity contribution in [3.8, 4) is 11.5 Å². The zero-order chi connectivity index (χ0) is 16.7. The van der Waals surface area contributed by atoms with Gasteiger partial charge >= 0.3 is 0 Å². The molecule has 0 saturated carbocycles. The molecule has 0 aliphatic rings. The van der Waals surface area contributed by atoms with E-state index in [0.29, 0.717) is 18.0 Å². The maximum atomic E-state index is 12.8. The fourth-order valence-electron chi connectivity index (χ4n) is 2.02. The van der Waals surface area contributed by atoms with E-state index in [1.807, 2.05) is 12.1 Å². The summed E-state index contributed by atoms with van der Waals surface area (Å²) in [6.45, 7) is 0.350. The Kier molecular flexibility index (Phi) is 6.29. The number of hydrogen-bond acceptors (Lipinski definition) is 4. The first-order valence-electron chi connectivity index (χ1n) is 6.99. The lowest BCUT2D eigenvalue weighted by Crippen LogP contribution is -2.24. The van der Waals surface area contributed by atoms with Crippen molar-refractivity contribution in [3.63, 3.8) is 0 Å². The highest BCUT2D eigenvalue weighted by Crippen LogP contribution is 2.30. The van der Waals surface area contributed by atoms with Crippen LogP contribution in [0.15, 0.2) is 47.4 Å². The summed E-state index contributed by atoms with van der Waals surface area (Å²) in [6.07, 6.45) is 0. The number of hydrogen-bond donors (Lipinski definition) is 1. The first-order chi connectivity index (χ1) is 11.1. The monoisotopic (exact) mass is 335 g/mol. The van der Waals surface area contributed by atoms with Crippen LogP contribution in [0.4, 0.5) is 4.39 Å². The van der Waals surface area contributed by atoms with Gasteiger partial charge in [0.15, 0.2) is 11.5 Å². The van der Waals surface area contributed by atoms with Crippen LogP contribution < -0.4 is 14.8 Å². The summed E-state index contributed by atoms with van der Waals surface area (Å²) >= 11 is 1.36. The zero-order valence-corrected chi connectivity index (χ0v) is 13.8. The molecular weight excluding hydrogens is 317 g/mol. The van der Waals surface area contributed by atoms with Crippen molar-refractivity contribution in [1.29, 1.82) is 0 Å². The minimum Gasteiger partial charge on any atom is -0.493 e. The van der Waals surface area contributed by atoms with Crippen molar-refractivity contribution in [3.05, 3.63) is 53.8 Å². The summed E-state index contributed by atoms with van der Waals surface area (Å²) in [4.78, 5) is 12.8. The van der Waals surface area contributed by atoms with Crippen LogP contribution >= 0.6 is 11.8 Å². The maximum Gasteiger partial charge on any atom is 0.230 e. The second kappa shape index (κ2) is 8.43. The van der Waals surface area contributed by atoms with Crippen molar-refractivity contribution in [2.24, 2.45) is 0 Å². The number of thioether (sulfide) groups is 1. The Balaban J connectivity index is 1.88. The third-order valence-electron chi connectivity index (χ3n) is 3.14. The van der Waals surface area contributed by atoms with Gasteiger partial charge in [0, 0.05) is 17.0 Å². The van der Waals surface area contributed by atoms with Gasteiger partial charge in [-0.2, -0.15) is 0 Å². The summed E-state index contributed by atoms with van der Waals surface area (Å²) in [5.41, 5.74) is 0.840. The van der Waals surface area contributed by atoms with Gasteiger partial charge in [0.25, 0.3) is 0 Å². The van der Waals surface area contributed by atoms with Crippen LogP contribution in [0.2, 0.25) is 0 Å². The van der Waals surface area contributed by atoms with E-state index in [1.54, 1.807) is 32.4 Å². The third kappa shape index (κ3) is 4.89. The van der Waals surface area contributed by atoms with E-state index in [1.165, 1.54) is 23.9 Å². The van der Waals surface area contributed by atoms with Gasteiger partial charge in [0.1, 0.15) is 5.82 Å². The number of amides is 1. The molecule has 1 amide bonds. The second-order valence-electron chi connectivity index (χ2n) is 4.67. The predicted molar refractivity (Wildman–Crippen MR) is 88.5 cm³/mol. The smallest absolute Gasteiger partial charge is 0.230 e. The number of carbonyl (C=O) groups is 1. The molecule has 0 aromatic heterocycles. The molecule has 0 unspecified atom stereocenters. The molecule has 0 aliphatic carbocycles. The molecule has 23 heavy (non-hydrogen) atoms. The number of nitrogens with one attached hydrogen (secondary N) is 1. The molecular formula is C17H18FNO3S. The number of ether oxygens (including phenoxy) is 2. The summed E-state index contributed by atoms with van der Waals surface area (Å²) in [5, 5.41) is 2.84. The molecule has 0 atom stereocenters. The van der Waals surface area contributed by atoms with Gasteiger partial charge in [-0.1, -0.05) is 12.1 Å². The van der Waals surface area contributed by atoms with Crippen LogP contribution in [0, 0.1) is 5.82 Å². The molecule has 122 valence electrons. The Hall–Kier alpha value is -2.21. The van der Waals surface area contributed by atoms with E-state index in [9.17, 15) is 9.18 Å². The Morgan fingerprint density at radius 3 is 2.52 bits per heavy atom. The van der Waals surface area contributed by atoms with Gasteiger partial charge in [-0.3, -0.25) is 4.79 Å². The first-order valence-corrected chi connectivity index (χ1v) is 7.97. The fraction of sp³-hybridized carbons (Fsp3) is 0.235. The molecule has 2 rings (SSSR count). The molecule has 0 aliphatic heterocycles. The first kappa shape index (κ1) is 17.1. The van der Waals surface area contributed by atoms with Crippen LogP contribution in [0.1, 0.15) is 5.56 Å². The average molecular weight is 335 g/mol. The summed E-state index contributed by atoms with van der Waals surface area (Å²) < 4.78 is 23.4. The molecule has 0 radical (unpaired) electrons. The van der Waals surface area contributed by atoms with Crippen LogP contribution in [0.3, 0.4) is 0 Å². The van der Waals surface area contributed by atoms with E-state index in [-0.39, 0.29) is 17.5 Å². The quantitative estimate of drug-likeness (QED) is 0.789. The lowest BCUT2D eigenvalue weighted by atomic mass is 10.2. The molecule has 1 N–H and O–H groups in total. The topological polar surface area (TPSA) is 47.6 Å². The van der Waals surface area contributed by atoms with E-state index < -0.39 is 0 Å². The molecule has 0 fully saturated rings. The fourth-order valence-corrected chi connectivity index (χ4v) is 2.75. The normalized spacial score (nSPS) is 10.2. The maximum absolute atomic E-state index is 12.8. The highest BCUT2D eigenvalue weighted by atomic mass is 32.2. The number of methoxy groups -OCH3 is 2. The molecule has 0 saturated heterocycles. The zero-order valence-electron chi connectivity index (χ0n) is 13.0. The lowest BCUT2D eigenvalue weighted by molar-refractivity contribution is -0.118. The Labute approximate surface area is 139 Å². The number of para-hydroxylation sites is 1. The van der Waals surface area contributed by atoms with Gasteiger partial charge < -0.3 is 14.8 Å². The number of halogens is 1. The molecule has 0 spiro atoms. The number of carbonyl (C=O) groups excluding carboxylic acids is 1. The van der Waals surface area contributed by atoms with Crippen molar-refractivity contribution in [1.82, 2.24) is 5.32 Å². The predicted octanol–water partition coefficient (Wildman–Crippen LogP) is 3.25. The van der Waals surface area contributed by atoms with Gasteiger partial charge in [-0.05, 0) is 30.3 Å². The Morgan fingerprint density at radius 1 is 1.13 bits per heavy atom. The number of rotatable bonds is 7. The Morgan fingerprint density at radius 2 is 1.87 bits per heavy atom. The Bertz CT molecular complexity index is 661. The molecule has 0 heterocycles. The van der Waals surface area contributed by atoms with E-state index in [0.717, 1.165) is 10.5 Å². The summed E-state index contributed by atoms with van der Waals surface area (Å²) in [6, 6.07) is 11.6. The van der Waals surface area contributed by atoms with Gasteiger partial charge in [-0.25, -0.2) is 4.39 Å². The third-order valence-corrected chi connectivity index (χ3v) is 4.16. The van der Waals surface area contributed by atoms with Crippen LogP contribution in [-0.2, 0) is 11.3 Å². The van der Waals surface area contributed by atoms with Gasteiger partial charge in [-0.15, -0.1) is 11.8 Å². The van der Waals surface area contributed by atoms with Gasteiger partial charge in [0.05, 0.1) is 20.0 Å². The van der Waals surface area contributed by atoms with Crippen LogP contribution in [0.25, 0.3) is 0 Å². The summed E-state index contributed by atoms with van der Waals surface area (Å²) in [5.74, 6) is 1.10. The highest BCUT2D eigenvalue weighted by Gasteiger charge is 2.10. The van der Waals surface area contributed by atoms with Crippen molar-refractivity contribution in [2.45, 2.75) is 11.4 Å². The van der Waals surface area contributed by atoms with Crippen molar-refractivity contribution < 1.29 is 18.7 Å². The lowest BCUT2D eigenvalue weighted by Gasteiger charge is -2.13. The average Bonchev–Trinajstić information content (AvgIpc) is 2.58. The van der Waals surface area contributed by atoms with Crippen molar-refractivity contribution >= 4 is 17.7 Å². The van der Waals surface area contributed by atoms with E-state index in [4.69, 9.17) is 9.47 Å². The SMILES string of the molecule is COc1cccc(CNC(=O)CSc2ccc(F)cc2)c1OC. The van der Waals surface area contributed by atoms with Gasteiger partial charge in [0.2, 0.25) is 5.91 Å². The molecule has 2 aromatic carbocycles. The minimum atomic E-state index is -0.288. The standard InChI is InChI=1S/C17H18FNO3S/c1-21-15-5-3-4-12(17(15)22-2)10-19-16(20)11-23-14-8-6-13(18)7-9-14/h3-9H,10-11H2,1-2H3,(H,19,20). The van der Waals surface area contributed by atoms with Crippen molar-refractivity contribution in [2.75, 3.05) is 20.0 Å². The highest BCUT2D eigenvalue weighted by molar-refractivity contribution is 8.00. The molecule has 2 aromatic rings. The minimum absolute atomic E-state index is 0.107. The van der Waals surface area contributed by atoms with E-state index in [2.05, 4.69) is 5.32 Å². The number of benzene rings is 2. The summed E-state index contributed by atoms with van der Waals surface area (Å²) in [7, 11) is 3.13. The van der Waals surface area contributed by atoms with Crippen LogP contribution in [0.5, 0.6) is 11.5 Å². The largest absolute Gasteiger partial charge is 0.493 e.